The highest BCUT2D eigenvalue weighted by Crippen LogP contribution is 2.38. The molecular weight excluding hydrogens is 266 g/mol. The van der Waals surface area contributed by atoms with Crippen molar-refractivity contribution in [1.82, 2.24) is 0 Å². The van der Waals surface area contributed by atoms with Crippen LogP contribution in [-0.4, -0.2) is 32.3 Å². The molecule has 4 heteroatoms. The van der Waals surface area contributed by atoms with E-state index < -0.39 is 0 Å². The number of amides is 1. The number of carbonyl (C=O) groups excluding carboxylic acids is 1. The van der Waals surface area contributed by atoms with Gasteiger partial charge in [-0.05, 0) is 56.4 Å². The summed E-state index contributed by atoms with van der Waals surface area (Å²) in [7, 11) is 1.65. The average Bonchev–Trinajstić information content (AvgIpc) is 3.22. The molecule has 21 heavy (non-hydrogen) atoms. The summed E-state index contributed by atoms with van der Waals surface area (Å²) in [4.78, 5) is 14.9. The predicted molar refractivity (Wildman–Crippen MR) is 81.6 cm³/mol. The van der Waals surface area contributed by atoms with Crippen LogP contribution in [0.1, 0.15) is 26.2 Å². The molecule has 0 spiro atoms. The highest BCUT2D eigenvalue weighted by atomic mass is 16.5. The molecule has 3 rings (SSSR count). The van der Waals surface area contributed by atoms with E-state index in [9.17, 15) is 4.79 Å². The van der Waals surface area contributed by atoms with Crippen LogP contribution in [0.3, 0.4) is 0 Å². The van der Waals surface area contributed by atoms with E-state index in [0.29, 0.717) is 19.1 Å². The quantitative estimate of drug-likeness (QED) is 0.836. The Morgan fingerprint density at radius 1 is 1.29 bits per heavy atom. The first-order valence-corrected chi connectivity index (χ1v) is 7.75. The van der Waals surface area contributed by atoms with Crippen molar-refractivity contribution in [3.8, 4) is 5.75 Å². The summed E-state index contributed by atoms with van der Waals surface area (Å²) in [5.41, 5.74) is 0.965. The number of nitrogens with zero attached hydrogens (tertiary/aromatic N) is 1. The largest absolute Gasteiger partial charge is 0.497 e. The van der Waals surface area contributed by atoms with Crippen molar-refractivity contribution in [2.75, 3.05) is 25.2 Å². The topological polar surface area (TPSA) is 38.8 Å². The second kappa shape index (κ2) is 6.06. The van der Waals surface area contributed by atoms with Gasteiger partial charge in [-0.2, -0.15) is 0 Å². The molecule has 114 valence electrons. The van der Waals surface area contributed by atoms with E-state index in [-0.39, 0.29) is 17.9 Å². The van der Waals surface area contributed by atoms with Crippen LogP contribution in [0.15, 0.2) is 24.3 Å². The van der Waals surface area contributed by atoms with Gasteiger partial charge in [0.25, 0.3) is 0 Å². The number of carbonyl (C=O) groups is 1. The molecule has 1 heterocycles. The van der Waals surface area contributed by atoms with Crippen LogP contribution in [0, 0.1) is 11.8 Å². The normalized spacial score (nSPS) is 22.9. The molecule has 0 N–H and O–H groups in total. The van der Waals surface area contributed by atoms with Crippen LogP contribution >= 0.6 is 0 Å². The summed E-state index contributed by atoms with van der Waals surface area (Å²) in [6.07, 6.45) is 3.29. The van der Waals surface area contributed by atoms with Gasteiger partial charge in [-0.1, -0.05) is 0 Å². The van der Waals surface area contributed by atoms with Crippen molar-refractivity contribution in [1.29, 1.82) is 0 Å². The molecule has 1 saturated carbocycles. The van der Waals surface area contributed by atoms with Gasteiger partial charge in [0.15, 0.2) is 0 Å². The Bertz CT molecular complexity index is 489. The summed E-state index contributed by atoms with van der Waals surface area (Å²) >= 11 is 0. The number of anilines is 1. The first kappa shape index (κ1) is 14.4. The van der Waals surface area contributed by atoms with Crippen LogP contribution in [-0.2, 0) is 9.53 Å². The Hall–Kier alpha value is -1.55. The van der Waals surface area contributed by atoms with Gasteiger partial charge in [-0.15, -0.1) is 0 Å². The van der Waals surface area contributed by atoms with Crippen LogP contribution in [0.2, 0.25) is 0 Å². The molecule has 2 atom stereocenters. The molecular formula is C17H23NO3. The fraction of sp³-hybridized carbons (Fsp3) is 0.588. The highest BCUT2D eigenvalue weighted by Gasteiger charge is 2.38. The highest BCUT2D eigenvalue weighted by molar-refractivity contribution is 5.96. The average molecular weight is 289 g/mol. The van der Waals surface area contributed by atoms with Crippen molar-refractivity contribution < 1.29 is 14.3 Å². The number of hydrogen-bond acceptors (Lipinski definition) is 3. The molecule has 0 bridgehead atoms. The summed E-state index contributed by atoms with van der Waals surface area (Å²) in [6, 6.07) is 8.05. The third-order valence-electron chi connectivity index (χ3n) is 4.58. The zero-order valence-corrected chi connectivity index (χ0v) is 12.7. The Morgan fingerprint density at radius 2 is 2.00 bits per heavy atom. The maximum Gasteiger partial charge on any atom is 0.232 e. The Kier molecular flexibility index (Phi) is 4.15. The monoisotopic (exact) mass is 289 g/mol. The van der Waals surface area contributed by atoms with Crippen LogP contribution in [0.5, 0.6) is 5.75 Å². The van der Waals surface area contributed by atoms with Gasteiger partial charge in [-0.3, -0.25) is 4.79 Å². The Balaban J connectivity index is 1.84. The molecule has 1 aliphatic heterocycles. The summed E-state index contributed by atoms with van der Waals surface area (Å²) in [5, 5.41) is 0. The Labute approximate surface area is 126 Å². The first-order valence-electron chi connectivity index (χ1n) is 7.75. The zero-order valence-electron chi connectivity index (χ0n) is 12.7. The lowest BCUT2D eigenvalue weighted by Crippen LogP contribution is -2.43. The first-order chi connectivity index (χ1) is 10.2. The fourth-order valence-corrected chi connectivity index (χ4v) is 3.02. The van der Waals surface area contributed by atoms with E-state index in [0.717, 1.165) is 17.9 Å². The fourth-order valence-electron chi connectivity index (χ4n) is 3.02. The van der Waals surface area contributed by atoms with Gasteiger partial charge in [0.1, 0.15) is 5.75 Å². The van der Waals surface area contributed by atoms with Gasteiger partial charge < -0.3 is 14.4 Å². The number of ether oxygens (including phenoxy) is 2. The number of benzene rings is 1. The van der Waals surface area contributed by atoms with Gasteiger partial charge in [0.05, 0.1) is 19.6 Å². The van der Waals surface area contributed by atoms with Crippen LogP contribution in [0.25, 0.3) is 0 Å². The molecule has 1 amide bonds. The number of rotatable bonds is 5. The molecule has 1 aromatic carbocycles. The smallest absolute Gasteiger partial charge is 0.232 e. The van der Waals surface area contributed by atoms with Gasteiger partial charge in [-0.25, -0.2) is 0 Å². The molecule has 1 saturated heterocycles. The van der Waals surface area contributed by atoms with Gasteiger partial charge >= 0.3 is 0 Å². The van der Waals surface area contributed by atoms with Crippen molar-refractivity contribution >= 4 is 11.6 Å². The van der Waals surface area contributed by atoms with E-state index in [1.54, 1.807) is 7.11 Å². The van der Waals surface area contributed by atoms with E-state index in [4.69, 9.17) is 9.47 Å². The number of methoxy groups -OCH3 is 1. The maximum atomic E-state index is 12.9. The predicted octanol–water partition coefficient (Wildman–Crippen LogP) is 2.86. The third-order valence-corrected chi connectivity index (χ3v) is 4.58. The molecule has 1 aromatic rings. The summed E-state index contributed by atoms with van der Waals surface area (Å²) in [5.74, 6) is 1.66. The van der Waals surface area contributed by atoms with Crippen molar-refractivity contribution in [2.24, 2.45) is 11.8 Å². The zero-order chi connectivity index (χ0) is 14.8. The van der Waals surface area contributed by atoms with Crippen molar-refractivity contribution in [3.63, 3.8) is 0 Å². The molecule has 0 aromatic heterocycles. The second-order valence-corrected chi connectivity index (χ2v) is 6.04. The second-order valence-electron chi connectivity index (χ2n) is 6.04. The maximum absolute atomic E-state index is 12.9. The SMILES string of the molecule is COc1ccc(N(C(=O)[C@@H]2CCOC2)[C@H](C)C2CC2)cc1. The molecule has 0 unspecified atom stereocenters. The molecule has 4 nitrogen and oxygen atoms in total. The Morgan fingerprint density at radius 3 is 2.52 bits per heavy atom. The third kappa shape index (κ3) is 3.05. The summed E-state index contributed by atoms with van der Waals surface area (Å²) in [6.45, 7) is 3.42. The van der Waals surface area contributed by atoms with Crippen LogP contribution in [0.4, 0.5) is 5.69 Å². The molecule has 0 radical (unpaired) electrons. The van der Waals surface area contributed by atoms with E-state index >= 15 is 0 Å². The minimum absolute atomic E-state index is 0.00769. The molecule has 1 aliphatic carbocycles. The van der Waals surface area contributed by atoms with E-state index in [1.807, 2.05) is 29.2 Å². The van der Waals surface area contributed by atoms with Crippen LogP contribution < -0.4 is 9.64 Å². The van der Waals surface area contributed by atoms with E-state index in [1.165, 1.54) is 12.8 Å². The van der Waals surface area contributed by atoms with Gasteiger partial charge in [0, 0.05) is 18.3 Å². The molecule has 2 fully saturated rings. The van der Waals surface area contributed by atoms with E-state index in [2.05, 4.69) is 6.92 Å². The summed E-state index contributed by atoms with van der Waals surface area (Å²) < 4.78 is 10.6. The minimum Gasteiger partial charge on any atom is -0.497 e. The lowest BCUT2D eigenvalue weighted by atomic mass is 10.0. The van der Waals surface area contributed by atoms with Crippen molar-refractivity contribution in [2.45, 2.75) is 32.2 Å². The standard InChI is InChI=1S/C17H23NO3/c1-12(13-3-4-13)18(17(19)14-9-10-21-11-14)15-5-7-16(20-2)8-6-15/h5-8,12-14H,3-4,9-11H2,1-2H3/t12-,14-/m1/s1. The van der Waals surface area contributed by atoms with Crippen molar-refractivity contribution in [3.05, 3.63) is 24.3 Å². The minimum atomic E-state index is 0.00769. The lowest BCUT2D eigenvalue weighted by molar-refractivity contribution is -0.122. The van der Waals surface area contributed by atoms with Gasteiger partial charge in [0.2, 0.25) is 5.91 Å². The lowest BCUT2D eigenvalue weighted by Gasteiger charge is -2.31. The molecule has 2 aliphatic rings. The number of hydrogen-bond donors (Lipinski definition) is 0.